The Morgan fingerprint density at radius 2 is 2.43 bits per heavy atom. The molecule has 0 aromatic heterocycles. The highest BCUT2D eigenvalue weighted by atomic mass is 16.5. The number of hydrogen-bond donors (Lipinski definition) is 2. The average Bonchev–Trinajstić information content (AvgIpc) is 2.16. The Hall–Kier alpha value is -1.29. The Morgan fingerprint density at radius 3 is 2.93 bits per heavy atom. The third-order valence-corrected chi connectivity index (χ3v) is 1.92. The number of ether oxygens (including phenoxy) is 1. The van der Waals surface area contributed by atoms with Gasteiger partial charge in [-0.3, -0.25) is 4.79 Å². The van der Waals surface area contributed by atoms with Crippen LogP contribution in [0.3, 0.4) is 0 Å². The second-order valence-corrected chi connectivity index (χ2v) is 3.15. The first kappa shape index (κ1) is 10.8. The largest absolute Gasteiger partial charge is 0.504 e. The lowest BCUT2D eigenvalue weighted by atomic mass is 10.0. The molecule has 0 saturated carbocycles. The van der Waals surface area contributed by atoms with Crippen LogP contribution < -0.4 is 0 Å². The van der Waals surface area contributed by atoms with E-state index in [2.05, 4.69) is 0 Å². The zero-order valence-electron chi connectivity index (χ0n) is 8.06. The molecular formula is C10H14O4. The number of aldehydes is 1. The first-order valence-corrected chi connectivity index (χ1v) is 4.58. The van der Waals surface area contributed by atoms with Crippen LogP contribution in [0.1, 0.15) is 19.8 Å². The zero-order valence-corrected chi connectivity index (χ0v) is 8.06. The van der Waals surface area contributed by atoms with E-state index >= 15 is 0 Å². The number of aliphatic hydroxyl groups is 2. The molecule has 0 fully saturated rings. The Bertz CT molecular complexity index is 278. The van der Waals surface area contributed by atoms with Crippen LogP contribution in [0.15, 0.2) is 23.2 Å². The molecule has 0 unspecified atom stereocenters. The maximum Gasteiger partial charge on any atom is 0.166 e. The van der Waals surface area contributed by atoms with Gasteiger partial charge in [0, 0.05) is 6.42 Å². The summed E-state index contributed by atoms with van der Waals surface area (Å²) in [6, 6.07) is 0. The lowest BCUT2D eigenvalue weighted by molar-refractivity contribution is -0.105. The van der Waals surface area contributed by atoms with E-state index in [1.54, 1.807) is 0 Å². The van der Waals surface area contributed by atoms with Crippen LogP contribution in [0.25, 0.3) is 0 Å². The second kappa shape index (κ2) is 4.81. The molecule has 0 spiro atoms. The van der Waals surface area contributed by atoms with Crippen LogP contribution in [-0.2, 0) is 9.53 Å². The summed E-state index contributed by atoms with van der Waals surface area (Å²) in [5.41, 5.74) is 0.374. The monoisotopic (exact) mass is 198 g/mol. The summed E-state index contributed by atoms with van der Waals surface area (Å²) in [6.45, 7) is 2.38. The molecule has 0 aliphatic heterocycles. The lowest BCUT2D eigenvalue weighted by Crippen LogP contribution is -2.20. The van der Waals surface area contributed by atoms with E-state index in [0.717, 1.165) is 6.42 Å². The summed E-state index contributed by atoms with van der Waals surface area (Å²) in [5.74, 6) is 0.0109. The number of carbonyl (C=O) groups is 1. The zero-order chi connectivity index (χ0) is 10.6. The molecule has 1 atom stereocenters. The van der Waals surface area contributed by atoms with E-state index in [0.29, 0.717) is 18.5 Å². The Labute approximate surface area is 82.5 Å². The van der Waals surface area contributed by atoms with Gasteiger partial charge in [0.05, 0.1) is 6.61 Å². The molecule has 1 rings (SSSR count). The summed E-state index contributed by atoms with van der Waals surface area (Å²) in [7, 11) is 0. The van der Waals surface area contributed by atoms with Crippen molar-refractivity contribution in [2.45, 2.75) is 25.9 Å². The van der Waals surface area contributed by atoms with Crippen LogP contribution >= 0.6 is 0 Å². The fourth-order valence-electron chi connectivity index (χ4n) is 1.26. The third-order valence-electron chi connectivity index (χ3n) is 1.92. The molecule has 1 aliphatic rings. The Kier molecular flexibility index (Phi) is 3.71. The van der Waals surface area contributed by atoms with Crippen molar-refractivity contribution in [2.75, 3.05) is 6.61 Å². The smallest absolute Gasteiger partial charge is 0.166 e. The lowest BCUT2D eigenvalue weighted by Gasteiger charge is -2.20. The summed E-state index contributed by atoms with van der Waals surface area (Å²) < 4.78 is 5.17. The normalized spacial score (nSPS) is 21.9. The minimum atomic E-state index is -0.910. The summed E-state index contributed by atoms with van der Waals surface area (Å²) >= 11 is 0. The number of rotatable bonds is 4. The number of allylic oxidation sites excluding steroid dienone is 1. The van der Waals surface area contributed by atoms with Gasteiger partial charge in [0.2, 0.25) is 0 Å². The van der Waals surface area contributed by atoms with Gasteiger partial charge in [0.15, 0.2) is 11.5 Å². The molecule has 78 valence electrons. The van der Waals surface area contributed by atoms with Gasteiger partial charge in [-0.15, -0.1) is 0 Å². The first-order valence-electron chi connectivity index (χ1n) is 4.58. The van der Waals surface area contributed by atoms with Crippen molar-refractivity contribution in [1.29, 1.82) is 0 Å². The summed E-state index contributed by atoms with van der Waals surface area (Å²) in [5, 5.41) is 19.0. The summed E-state index contributed by atoms with van der Waals surface area (Å²) in [4.78, 5) is 10.4. The molecule has 0 aromatic carbocycles. The second-order valence-electron chi connectivity index (χ2n) is 3.15. The van der Waals surface area contributed by atoms with Crippen LogP contribution in [0.2, 0.25) is 0 Å². The molecule has 0 amide bonds. The molecule has 0 radical (unpaired) electrons. The number of aliphatic hydroxyl groups excluding tert-OH is 2. The fraction of sp³-hybridized carbons (Fsp3) is 0.500. The summed E-state index contributed by atoms with van der Waals surface area (Å²) in [6.07, 6.45) is 2.04. The average molecular weight is 198 g/mol. The fourth-order valence-corrected chi connectivity index (χ4v) is 1.26. The minimum Gasteiger partial charge on any atom is -0.504 e. The van der Waals surface area contributed by atoms with Gasteiger partial charge in [0.25, 0.3) is 0 Å². The van der Waals surface area contributed by atoms with Gasteiger partial charge in [-0.1, -0.05) is 6.92 Å². The van der Waals surface area contributed by atoms with Crippen molar-refractivity contribution >= 4 is 6.29 Å². The SMILES string of the molecule is CCCOC1=C(O)C=C(C=O)C[C@H]1O. The molecule has 2 N–H and O–H groups in total. The standard InChI is InChI=1S/C10H14O4/c1-2-3-14-10-8(12)4-7(6-11)5-9(10)13/h4,6,9,12-13H,2-3,5H2,1H3/t9-/m1/s1. The predicted molar refractivity (Wildman–Crippen MR) is 50.7 cm³/mol. The van der Waals surface area contributed by atoms with Gasteiger partial charge >= 0.3 is 0 Å². The van der Waals surface area contributed by atoms with Crippen molar-refractivity contribution < 1.29 is 19.7 Å². The van der Waals surface area contributed by atoms with Gasteiger partial charge in [-0.2, -0.15) is 0 Å². The number of hydrogen-bond acceptors (Lipinski definition) is 4. The van der Waals surface area contributed by atoms with E-state index in [1.807, 2.05) is 6.92 Å². The van der Waals surface area contributed by atoms with E-state index in [-0.39, 0.29) is 17.9 Å². The van der Waals surface area contributed by atoms with Crippen LogP contribution in [0.4, 0.5) is 0 Å². The maximum absolute atomic E-state index is 10.4. The molecular weight excluding hydrogens is 184 g/mol. The topological polar surface area (TPSA) is 66.8 Å². The first-order chi connectivity index (χ1) is 6.69. The highest BCUT2D eigenvalue weighted by molar-refractivity contribution is 5.75. The maximum atomic E-state index is 10.4. The van der Waals surface area contributed by atoms with E-state index in [1.165, 1.54) is 6.08 Å². The minimum absolute atomic E-state index is 0.153. The van der Waals surface area contributed by atoms with E-state index in [4.69, 9.17) is 4.74 Å². The van der Waals surface area contributed by atoms with Crippen molar-refractivity contribution in [3.8, 4) is 0 Å². The molecule has 1 aliphatic carbocycles. The molecule has 0 aromatic rings. The Balaban J connectivity index is 2.79. The van der Waals surface area contributed by atoms with Crippen molar-refractivity contribution in [3.63, 3.8) is 0 Å². The van der Waals surface area contributed by atoms with Crippen LogP contribution in [-0.4, -0.2) is 29.2 Å². The number of carbonyl (C=O) groups excluding carboxylic acids is 1. The highest BCUT2D eigenvalue weighted by Gasteiger charge is 2.23. The van der Waals surface area contributed by atoms with E-state index < -0.39 is 6.10 Å². The Morgan fingerprint density at radius 1 is 1.71 bits per heavy atom. The molecule has 0 bridgehead atoms. The van der Waals surface area contributed by atoms with Gasteiger partial charge in [-0.05, 0) is 18.1 Å². The van der Waals surface area contributed by atoms with Gasteiger partial charge in [0.1, 0.15) is 12.4 Å². The van der Waals surface area contributed by atoms with Crippen LogP contribution in [0.5, 0.6) is 0 Å². The highest BCUT2D eigenvalue weighted by Crippen LogP contribution is 2.23. The predicted octanol–water partition coefficient (Wildman–Crippen LogP) is 1.07. The molecule has 14 heavy (non-hydrogen) atoms. The van der Waals surface area contributed by atoms with Gasteiger partial charge in [-0.25, -0.2) is 0 Å². The van der Waals surface area contributed by atoms with Crippen molar-refractivity contribution in [3.05, 3.63) is 23.2 Å². The quantitative estimate of drug-likeness (QED) is 0.663. The third kappa shape index (κ3) is 2.35. The van der Waals surface area contributed by atoms with Gasteiger partial charge < -0.3 is 14.9 Å². The van der Waals surface area contributed by atoms with Crippen molar-refractivity contribution in [1.82, 2.24) is 0 Å². The molecule has 4 nitrogen and oxygen atoms in total. The van der Waals surface area contributed by atoms with Crippen LogP contribution in [0, 0.1) is 0 Å². The van der Waals surface area contributed by atoms with E-state index in [9.17, 15) is 15.0 Å². The molecule has 4 heteroatoms. The molecule has 0 heterocycles. The molecule has 0 saturated heterocycles. The van der Waals surface area contributed by atoms with Crippen molar-refractivity contribution in [2.24, 2.45) is 0 Å².